The van der Waals surface area contributed by atoms with Crippen molar-refractivity contribution in [2.24, 2.45) is 0 Å². The van der Waals surface area contributed by atoms with Gasteiger partial charge in [0.05, 0.1) is 60.6 Å². The van der Waals surface area contributed by atoms with Gasteiger partial charge in [0.2, 0.25) is 0 Å². The summed E-state index contributed by atoms with van der Waals surface area (Å²) in [7, 11) is -4.15. The standard InChI is InChI=1S/C36H39N5O6S/c1-4-38-30-18-16-27(26-37)24-32(30)41(21-22-47-29-12-8-7-9-13-29)35(38)15-10-14-34-39(5-2)31-19-17-28(36(42)46-6-3)25-33(31)40(34)20-11-23-48(43,44)45/h7-10,12-19,24-25H,4-6,11,20-23H2,1-3H3/p+1. The van der Waals surface area contributed by atoms with Gasteiger partial charge in [0.15, 0.2) is 11.0 Å². The summed E-state index contributed by atoms with van der Waals surface area (Å²) in [6.45, 7) is 8.63. The number of rotatable bonds is 14. The summed E-state index contributed by atoms with van der Waals surface area (Å²) >= 11 is 0. The third kappa shape index (κ3) is 7.54. The number of nitrogens with zero attached hydrogens (tertiary/aromatic N) is 5. The van der Waals surface area contributed by atoms with Crippen molar-refractivity contribution >= 4 is 44.6 Å². The first-order chi connectivity index (χ1) is 23.2. The van der Waals surface area contributed by atoms with Crippen LogP contribution in [0.2, 0.25) is 0 Å². The van der Waals surface area contributed by atoms with E-state index in [1.54, 1.807) is 19.1 Å². The van der Waals surface area contributed by atoms with Crippen LogP contribution in [0.5, 0.6) is 5.75 Å². The van der Waals surface area contributed by atoms with E-state index in [1.807, 2.05) is 84.3 Å². The van der Waals surface area contributed by atoms with Gasteiger partial charge in [-0.3, -0.25) is 4.55 Å². The lowest BCUT2D eigenvalue weighted by Crippen LogP contribution is -2.35. The first kappa shape index (κ1) is 34.2. The number of imidazole rings is 1. The normalized spacial score (nSPS) is 13.8. The zero-order chi connectivity index (χ0) is 34.3. The number of hydrogen-bond acceptors (Lipinski definition) is 8. The van der Waals surface area contributed by atoms with Crippen molar-refractivity contribution in [3.05, 3.63) is 102 Å². The van der Waals surface area contributed by atoms with E-state index in [4.69, 9.17) is 9.47 Å². The van der Waals surface area contributed by atoms with Crippen LogP contribution < -0.4 is 19.1 Å². The molecule has 0 saturated heterocycles. The molecule has 0 radical (unpaired) electrons. The van der Waals surface area contributed by atoms with E-state index in [2.05, 4.69) is 27.4 Å². The highest BCUT2D eigenvalue weighted by Gasteiger charge is 2.31. The van der Waals surface area contributed by atoms with Crippen molar-refractivity contribution < 1.29 is 31.8 Å². The molecule has 0 spiro atoms. The lowest BCUT2D eigenvalue weighted by molar-refractivity contribution is -0.670. The SMILES string of the molecule is CCOC(=O)c1ccc2c(c1)n(CCCS(=O)(=O)O)c(C=CC=C1N(CC)c3ccc(C#N)cc3N1CCOc1ccccc1)[n+]2CC. The second kappa shape index (κ2) is 15.2. The van der Waals surface area contributed by atoms with Crippen LogP contribution in [0.15, 0.2) is 84.7 Å². The minimum atomic E-state index is -4.15. The van der Waals surface area contributed by atoms with Crippen molar-refractivity contribution in [1.82, 2.24) is 4.57 Å². The summed E-state index contributed by atoms with van der Waals surface area (Å²) in [4.78, 5) is 16.9. The van der Waals surface area contributed by atoms with Gasteiger partial charge in [-0.15, -0.1) is 0 Å². The summed E-state index contributed by atoms with van der Waals surface area (Å²) < 4.78 is 47.9. The zero-order valence-corrected chi connectivity index (χ0v) is 28.2. The summed E-state index contributed by atoms with van der Waals surface area (Å²) in [5.74, 6) is 1.66. The topological polar surface area (TPSA) is 129 Å². The van der Waals surface area contributed by atoms with Crippen molar-refractivity contribution in [1.29, 1.82) is 5.26 Å². The molecule has 11 nitrogen and oxygen atoms in total. The second-order valence-corrected chi connectivity index (χ2v) is 12.6. The van der Waals surface area contributed by atoms with E-state index in [0.29, 0.717) is 37.4 Å². The molecule has 5 rings (SSSR count). The number of ether oxygens (including phenoxy) is 2. The molecule has 1 aliphatic rings. The van der Waals surface area contributed by atoms with Gasteiger partial charge < -0.3 is 19.3 Å². The van der Waals surface area contributed by atoms with Crippen LogP contribution in [0.1, 0.15) is 48.9 Å². The fraction of sp³-hybridized carbons (Fsp3) is 0.306. The Morgan fingerprint density at radius 1 is 1.00 bits per heavy atom. The average molecular weight is 671 g/mol. The highest BCUT2D eigenvalue weighted by Crippen LogP contribution is 2.42. The quantitative estimate of drug-likeness (QED) is 0.104. The number of carbonyl (C=O) groups is 1. The third-order valence-corrected chi connectivity index (χ3v) is 8.90. The van der Waals surface area contributed by atoms with Gasteiger partial charge in [-0.25, -0.2) is 13.9 Å². The minimum Gasteiger partial charge on any atom is -0.492 e. The molecule has 2 heterocycles. The molecule has 0 atom stereocenters. The molecule has 250 valence electrons. The Labute approximate surface area is 281 Å². The second-order valence-electron chi connectivity index (χ2n) is 11.1. The van der Waals surface area contributed by atoms with Crippen LogP contribution in [-0.4, -0.2) is 55.6 Å². The largest absolute Gasteiger partial charge is 0.492 e. The zero-order valence-electron chi connectivity index (χ0n) is 27.4. The fourth-order valence-corrected chi connectivity index (χ4v) is 6.52. The number of allylic oxidation sites excluding steroid dienone is 2. The molecule has 0 fully saturated rings. The van der Waals surface area contributed by atoms with Gasteiger partial charge in [-0.1, -0.05) is 24.3 Å². The van der Waals surface area contributed by atoms with E-state index < -0.39 is 21.8 Å². The Hall–Kier alpha value is -5.12. The molecule has 0 saturated carbocycles. The number of benzene rings is 3. The van der Waals surface area contributed by atoms with E-state index in [1.165, 1.54) is 0 Å². The number of aromatic nitrogens is 2. The summed E-state index contributed by atoms with van der Waals surface area (Å²) in [5.41, 5.74) is 4.49. The van der Waals surface area contributed by atoms with E-state index in [-0.39, 0.29) is 19.6 Å². The van der Waals surface area contributed by atoms with Crippen molar-refractivity contribution in [2.45, 2.75) is 40.3 Å². The number of fused-ring (bicyclic) bond motifs is 2. The third-order valence-electron chi connectivity index (χ3n) is 8.09. The summed E-state index contributed by atoms with van der Waals surface area (Å²) in [5, 5.41) is 9.64. The van der Waals surface area contributed by atoms with Crippen LogP contribution in [-0.2, 0) is 27.9 Å². The average Bonchev–Trinajstić information content (AvgIpc) is 3.54. The van der Waals surface area contributed by atoms with Crippen LogP contribution in [0.4, 0.5) is 11.4 Å². The fourth-order valence-electron chi connectivity index (χ4n) is 6.02. The van der Waals surface area contributed by atoms with Crippen LogP contribution in [0, 0.1) is 11.3 Å². The Kier molecular flexibility index (Phi) is 10.8. The predicted octanol–water partition coefficient (Wildman–Crippen LogP) is 5.56. The number of aryl methyl sites for hydroxylation is 2. The van der Waals surface area contributed by atoms with Gasteiger partial charge in [-0.2, -0.15) is 13.7 Å². The first-order valence-corrected chi connectivity index (χ1v) is 17.6. The monoisotopic (exact) mass is 670 g/mol. The van der Waals surface area contributed by atoms with Crippen LogP contribution in [0.25, 0.3) is 17.1 Å². The minimum absolute atomic E-state index is 0.174. The maximum atomic E-state index is 12.6. The molecule has 0 aliphatic carbocycles. The number of anilines is 2. The van der Waals surface area contributed by atoms with Gasteiger partial charge >= 0.3 is 5.97 Å². The van der Waals surface area contributed by atoms with E-state index >= 15 is 0 Å². The molecule has 48 heavy (non-hydrogen) atoms. The Morgan fingerprint density at radius 3 is 2.48 bits per heavy atom. The number of esters is 1. The molecule has 4 aromatic rings. The molecule has 12 heteroatoms. The molecule has 0 bridgehead atoms. The number of carbonyl (C=O) groups excluding carboxylic acids is 1. The van der Waals surface area contributed by atoms with Crippen molar-refractivity contribution in [3.63, 3.8) is 0 Å². The number of para-hydroxylation sites is 1. The van der Waals surface area contributed by atoms with Gasteiger partial charge in [-0.05, 0) is 69.3 Å². The molecular weight excluding hydrogens is 630 g/mol. The number of hydrogen-bond donors (Lipinski definition) is 1. The Bertz CT molecular complexity index is 2000. The summed E-state index contributed by atoms with van der Waals surface area (Å²) in [6, 6.07) is 22.9. The highest BCUT2D eigenvalue weighted by atomic mass is 32.2. The van der Waals surface area contributed by atoms with Gasteiger partial charge in [0.25, 0.3) is 15.9 Å². The van der Waals surface area contributed by atoms with Crippen LogP contribution >= 0.6 is 0 Å². The Morgan fingerprint density at radius 2 is 1.79 bits per heavy atom. The first-order valence-electron chi connectivity index (χ1n) is 16.0. The molecule has 3 aromatic carbocycles. The molecule has 0 unspecified atom stereocenters. The smallest absolute Gasteiger partial charge is 0.338 e. The Balaban J connectivity index is 1.55. The lowest BCUT2D eigenvalue weighted by atomic mass is 10.2. The van der Waals surface area contributed by atoms with Gasteiger partial charge in [0, 0.05) is 25.1 Å². The maximum Gasteiger partial charge on any atom is 0.338 e. The van der Waals surface area contributed by atoms with E-state index in [0.717, 1.165) is 39.8 Å². The molecular formula is C36H40N5O6S+. The van der Waals surface area contributed by atoms with Gasteiger partial charge in [0.1, 0.15) is 18.2 Å². The highest BCUT2D eigenvalue weighted by molar-refractivity contribution is 7.85. The predicted molar refractivity (Wildman–Crippen MR) is 185 cm³/mol. The summed E-state index contributed by atoms with van der Waals surface area (Å²) in [6.07, 6.45) is 6.10. The molecule has 1 aromatic heterocycles. The van der Waals surface area contributed by atoms with Crippen molar-refractivity contribution in [3.8, 4) is 11.8 Å². The molecule has 1 N–H and O–H groups in total. The van der Waals surface area contributed by atoms with E-state index in [9.17, 15) is 23.0 Å². The number of nitriles is 1. The lowest BCUT2D eigenvalue weighted by Gasteiger charge is -2.24. The molecule has 1 aliphatic heterocycles. The van der Waals surface area contributed by atoms with Crippen LogP contribution in [0.3, 0.4) is 0 Å². The van der Waals surface area contributed by atoms with Crippen molar-refractivity contribution in [2.75, 3.05) is 41.9 Å². The maximum absolute atomic E-state index is 12.6. The molecule has 0 amide bonds.